The van der Waals surface area contributed by atoms with Crippen LogP contribution in [-0.4, -0.2) is 30.2 Å². The third kappa shape index (κ3) is 7.50. The Hall–Kier alpha value is -0.400. The van der Waals surface area contributed by atoms with Gasteiger partial charge in [0, 0.05) is 19.3 Å². The van der Waals surface area contributed by atoms with Crippen molar-refractivity contribution < 1.29 is 0 Å². The van der Waals surface area contributed by atoms with Crippen molar-refractivity contribution in [3.05, 3.63) is 0 Å². The van der Waals surface area contributed by atoms with E-state index in [1.807, 2.05) is 0 Å². The van der Waals surface area contributed by atoms with Gasteiger partial charge in [-0.3, -0.25) is 0 Å². The quantitative estimate of drug-likeness (QED) is 0.380. The lowest BCUT2D eigenvalue weighted by molar-refractivity contribution is 0.944. The van der Waals surface area contributed by atoms with Crippen LogP contribution in [0.15, 0.2) is 0 Å². The fourth-order valence-electron chi connectivity index (χ4n) is 0.456. The highest BCUT2D eigenvalue weighted by Gasteiger charge is 1.89. The average Bonchev–Trinajstić information content (AvgIpc) is 2.04. The first-order chi connectivity index (χ1) is 5.31. The highest BCUT2D eigenvalue weighted by molar-refractivity contribution is 7.99. The second-order valence-electron chi connectivity index (χ2n) is 1.76. The molecular weight excluding hydrogens is 176 g/mol. The van der Waals surface area contributed by atoms with E-state index in [2.05, 4.69) is 16.6 Å². The van der Waals surface area contributed by atoms with Crippen molar-refractivity contribution >= 4 is 29.1 Å². The summed E-state index contributed by atoms with van der Waals surface area (Å²) in [5.74, 6) is 4.32. The van der Waals surface area contributed by atoms with Gasteiger partial charge in [-0.1, -0.05) is 5.92 Å². The van der Waals surface area contributed by atoms with Gasteiger partial charge in [0.15, 0.2) is 5.11 Å². The minimum Gasteiger partial charge on any atom is -0.366 e. The molecule has 0 aliphatic heterocycles. The molecule has 0 saturated heterocycles. The Bertz CT molecular complexity index is 151. The molecule has 0 aliphatic carbocycles. The fourth-order valence-corrected chi connectivity index (χ4v) is 1.07. The van der Waals surface area contributed by atoms with Crippen LogP contribution < -0.4 is 10.6 Å². The Labute approximate surface area is 77.5 Å². The van der Waals surface area contributed by atoms with Crippen LogP contribution in [0.3, 0.4) is 0 Å². The first-order valence-electron chi connectivity index (χ1n) is 3.28. The second-order valence-corrected chi connectivity index (χ2v) is 3.28. The number of rotatable bonds is 4. The van der Waals surface area contributed by atoms with E-state index < -0.39 is 0 Å². The van der Waals surface area contributed by atoms with Gasteiger partial charge < -0.3 is 10.6 Å². The molecule has 0 bridgehead atoms. The number of thioether (sulfide) groups is 1. The van der Waals surface area contributed by atoms with E-state index in [1.54, 1.807) is 18.8 Å². The molecule has 0 aromatic heterocycles. The first-order valence-corrected chi connectivity index (χ1v) is 4.84. The van der Waals surface area contributed by atoms with E-state index >= 15 is 0 Å². The van der Waals surface area contributed by atoms with Gasteiger partial charge >= 0.3 is 0 Å². The number of thiocarbonyl (C=S) groups is 1. The number of hydrogen-bond donors (Lipinski definition) is 2. The monoisotopic (exact) mass is 188 g/mol. The molecule has 2 nitrogen and oxygen atoms in total. The van der Waals surface area contributed by atoms with Gasteiger partial charge in [-0.05, 0) is 12.2 Å². The lowest BCUT2D eigenvalue weighted by atomic mass is 10.7. The summed E-state index contributed by atoms with van der Waals surface area (Å²) in [6.07, 6.45) is 5.07. The molecule has 0 saturated carbocycles. The average molecular weight is 188 g/mol. The molecule has 4 heteroatoms. The van der Waals surface area contributed by atoms with Gasteiger partial charge in [0.05, 0.1) is 5.75 Å². The van der Waals surface area contributed by atoms with Crippen molar-refractivity contribution in [3.8, 4) is 12.3 Å². The van der Waals surface area contributed by atoms with Gasteiger partial charge in [-0.25, -0.2) is 0 Å². The number of nitrogens with one attached hydrogen (secondary N) is 2. The molecule has 0 fully saturated rings. The molecule has 0 heterocycles. The van der Waals surface area contributed by atoms with Crippen molar-refractivity contribution in [2.75, 3.05) is 25.1 Å². The standard InChI is InChI=1S/C7H12N2S2/c1-3-5-11-6-4-9-7(10)8-2/h1H,4-6H2,2H3,(H2,8,9,10). The molecular formula is C7H12N2S2. The highest BCUT2D eigenvalue weighted by Crippen LogP contribution is 1.94. The molecule has 0 unspecified atom stereocenters. The maximum atomic E-state index is 5.07. The summed E-state index contributed by atoms with van der Waals surface area (Å²) in [7, 11) is 1.80. The molecule has 0 amide bonds. The zero-order valence-corrected chi connectivity index (χ0v) is 8.15. The van der Waals surface area contributed by atoms with Gasteiger partial charge in [0.25, 0.3) is 0 Å². The third-order valence-corrected chi connectivity index (χ3v) is 2.16. The van der Waals surface area contributed by atoms with E-state index in [0.29, 0.717) is 5.11 Å². The predicted octanol–water partition coefficient (Wildman–Crippen LogP) is 0.447. The molecule has 0 radical (unpaired) electrons. The zero-order valence-electron chi connectivity index (χ0n) is 6.52. The summed E-state index contributed by atoms with van der Waals surface area (Å²) in [6, 6.07) is 0. The van der Waals surface area contributed by atoms with Crippen LogP contribution in [0.25, 0.3) is 0 Å². The molecule has 2 N–H and O–H groups in total. The van der Waals surface area contributed by atoms with E-state index in [4.69, 9.17) is 18.6 Å². The molecule has 0 rings (SSSR count). The Morgan fingerprint density at radius 1 is 1.73 bits per heavy atom. The molecule has 0 aromatic carbocycles. The summed E-state index contributed by atoms with van der Waals surface area (Å²) in [6.45, 7) is 0.867. The van der Waals surface area contributed by atoms with Crippen LogP contribution in [0.4, 0.5) is 0 Å². The van der Waals surface area contributed by atoms with Crippen LogP contribution >= 0.6 is 24.0 Å². The highest BCUT2D eigenvalue weighted by atomic mass is 32.2. The van der Waals surface area contributed by atoms with Crippen molar-refractivity contribution in [2.45, 2.75) is 0 Å². The Morgan fingerprint density at radius 3 is 3.00 bits per heavy atom. The normalized spacial score (nSPS) is 8.36. The molecule has 0 spiro atoms. The summed E-state index contributed by atoms with van der Waals surface area (Å²) >= 11 is 6.58. The van der Waals surface area contributed by atoms with Crippen LogP contribution in [0, 0.1) is 12.3 Å². The minimum atomic E-state index is 0.686. The zero-order chi connectivity index (χ0) is 8.53. The molecule has 0 aromatic rings. The van der Waals surface area contributed by atoms with Crippen LogP contribution in [-0.2, 0) is 0 Å². The van der Waals surface area contributed by atoms with E-state index in [-0.39, 0.29) is 0 Å². The molecule has 11 heavy (non-hydrogen) atoms. The lowest BCUT2D eigenvalue weighted by Gasteiger charge is -2.04. The fraction of sp³-hybridized carbons (Fsp3) is 0.571. The SMILES string of the molecule is C#CCSCCNC(=S)NC. The van der Waals surface area contributed by atoms with Gasteiger partial charge in [-0.2, -0.15) is 0 Å². The van der Waals surface area contributed by atoms with Crippen molar-refractivity contribution in [1.29, 1.82) is 0 Å². The molecule has 0 atom stereocenters. The van der Waals surface area contributed by atoms with Gasteiger partial charge in [0.1, 0.15) is 0 Å². The van der Waals surface area contributed by atoms with E-state index in [1.165, 1.54) is 0 Å². The Balaban J connectivity index is 3.03. The van der Waals surface area contributed by atoms with Crippen LogP contribution in [0.5, 0.6) is 0 Å². The topological polar surface area (TPSA) is 24.1 Å². The summed E-state index contributed by atoms with van der Waals surface area (Å²) in [4.78, 5) is 0. The minimum absolute atomic E-state index is 0.686. The van der Waals surface area contributed by atoms with E-state index in [0.717, 1.165) is 18.1 Å². The van der Waals surface area contributed by atoms with E-state index in [9.17, 15) is 0 Å². The number of hydrogen-bond acceptors (Lipinski definition) is 2. The van der Waals surface area contributed by atoms with Crippen molar-refractivity contribution in [2.24, 2.45) is 0 Å². The Morgan fingerprint density at radius 2 is 2.45 bits per heavy atom. The second kappa shape index (κ2) is 7.70. The smallest absolute Gasteiger partial charge is 0.166 e. The Kier molecular flexibility index (Phi) is 7.42. The summed E-state index contributed by atoms with van der Waals surface area (Å²) < 4.78 is 0. The van der Waals surface area contributed by atoms with Crippen molar-refractivity contribution in [1.82, 2.24) is 10.6 Å². The van der Waals surface area contributed by atoms with Gasteiger partial charge in [0.2, 0.25) is 0 Å². The largest absolute Gasteiger partial charge is 0.366 e. The molecule has 0 aliphatic rings. The molecule has 62 valence electrons. The summed E-state index contributed by atoms with van der Waals surface area (Å²) in [5, 5.41) is 6.54. The van der Waals surface area contributed by atoms with Gasteiger partial charge in [-0.15, -0.1) is 18.2 Å². The maximum Gasteiger partial charge on any atom is 0.166 e. The number of terminal acetylenes is 1. The maximum absolute atomic E-state index is 5.07. The lowest BCUT2D eigenvalue weighted by Crippen LogP contribution is -2.33. The van der Waals surface area contributed by atoms with Crippen LogP contribution in [0.2, 0.25) is 0 Å². The first kappa shape index (κ1) is 10.6. The predicted molar refractivity (Wildman–Crippen MR) is 55.8 cm³/mol. The van der Waals surface area contributed by atoms with Crippen LogP contribution in [0.1, 0.15) is 0 Å². The third-order valence-electron chi connectivity index (χ3n) is 0.944. The summed E-state index contributed by atoms with van der Waals surface area (Å²) in [5.41, 5.74) is 0. The van der Waals surface area contributed by atoms with Crippen molar-refractivity contribution in [3.63, 3.8) is 0 Å².